The molecule has 1 saturated heterocycles. The molecule has 0 spiro atoms. The molecule has 2 aliphatic rings. The number of carbonyl (C=O) groups excluding carboxylic acids is 1. The number of amides is 1. The number of nitro benzene ring substituents is 1. The number of nitrogens with zero attached hydrogens (tertiary/aromatic N) is 3. The average Bonchev–Trinajstić information content (AvgIpc) is 2.78. The Bertz CT molecular complexity index is 1090. The van der Waals surface area contributed by atoms with Crippen molar-refractivity contribution in [2.45, 2.75) is 43.2 Å². The van der Waals surface area contributed by atoms with Crippen LogP contribution in [0.15, 0.2) is 53.4 Å². The van der Waals surface area contributed by atoms with Crippen molar-refractivity contribution in [3.05, 3.63) is 69.8 Å². The minimum Gasteiger partial charge on any atom is -0.337 e. The molecule has 158 valence electrons. The van der Waals surface area contributed by atoms with Crippen LogP contribution in [0.4, 0.5) is 5.69 Å². The summed E-state index contributed by atoms with van der Waals surface area (Å²) in [6.07, 6.45) is 2.50. The smallest absolute Gasteiger partial charge is 0.289 e. The first kappa shape index (κ1) is 20.5. The summed E-state index contributed by atoms with van der Waals surface area (Å²) in [7, 11) is -4.19. The van der Waals surface area contributed by atoms with Crippen LogP contribution in [0, 0.1) is 10.1 Å². The van der Waals surface area contributed by atoms with E-state index in [1.165, 1.54) is 34.1 Å². The normalized spacial score (nSPS) is 19.9. The molecule has 0 N–H and O–H groups in total. The summed E-state index contributed by atoms with van der Waals surface area (Å²) in [5.41, 5.74) is 1.80. The predicted molar refractivity (Wildman–Crippen MR) is 110 cm³/mol. The van der Waals surface area contributed by atoms with Crippen molar-refractivity contribution in [3.63, 3.8) is 0 Å². The van der Waals surface area contributed by atoms with E-state index in [1.807, 2.05) is 24.3 Å². The van der Waals surface area contributed by atoms with Gasteiger partial charge in [0.1, 0.15) is 6.04 Å². The maximum Gasteiger partial charge on any atom is 0.289 e. The second-order valence-corrected chi connectivity index (χ2v) is 9.49. The third-order valence-electron chi connectivity index (χ3n) is 5.83. The van der Waals surface area contributed by atoms with Crippen LogP contribution in [0.25, 0.3) is 0 Å². The van der Waals surface area contributed by atoms with E-state index in [4.69, 9.17) is 0 Å². The van der Waals surface area contributed by atoms with Crippen LogP contribution in [0.5, 0.6) is 0 Å². The topological polar surface area (TPSA) is 101 Å². The zero-order valence-corrected chi connectivity index (χ0v) is 17.3. The molecule has 2 heterocycles. The van der Waals surface area contributed by atoms with Crippen LogP contribution in [0.1, 0.15) is 30.4 Å². The Balaban J connectivity index is 1.64. The van der Waals surface area contributed by atoms with Gasteiger partial charge in [0, 0.05) is 25.7 Å². The van der Waals surface area contributed by atoms with Crippen molar-refractivity contribution in [2.75, 3.05) is 13.1 Å². The van der Waals surface area contributed by atoms with Gasteiger partial charge in [-0.15, -0.1) is 0 Å². The number of para-hydroxylation sites is 1. The molecule has 2 aromatic carbocycles. The van der Waals surface area contributed by atoms with Crippen LogP contribution in [-0.4, -0.2) is 47.6 Å². The lowest BCUT2D eigenvalue weighted by Crippen LogP contribution is -2.53. The number of hydrogen-bond donors (Lipinski definition) is 0. The van der Waals surface area contributed by atoms with E-state index in [0.717, 1.165) is 18.4 Å². The SMILES string of the molecule is O=C([C@H]1CCCCN1S(=O)(=O)c1ccccc1[N+](=O)[O-])N1CCc2ccccc2C1. The van der Waals surface area contributed by atoms with E-state index in [-0.39, 0.29) is 17.3 Å². The summed E-state index contributed by atoms with van der Waals surface area (Å²) in [5, 5.41) is 11.4. The molecule has 4 rings (SSSR count). The lowest BCUT2D eigenvalue weighted by atomic mass is 9.98. The van der Waals surface area contributed by atoms with Gasteiger partial charge in [0.05, 0.1) is 4.92 Å². The van der Waals surface area contributed by atoms with Crippen molar-refractivity contribution in [3.8, 4) is 0 Å². The van der Waals surface area contributed by atoms with Gasteiger partial charge < -0.3 is 4.90 Å². The van der Waals surface area contributed by atoms with Crippen molar-refractivity contribution in [1.29, 1.82) is 0 Å². The summed E-state index contributed by atoms with van der Waals surface area (Å²) in [4.78, 5) is 25.4. The van der Waals surface area contributed by atoms with Gasteiger partial charge in [0.15, 0.2) is 4.90 Å². The van der Waals surface area contributed by atoms with Crippen molar-refractivity contribution in [1.82, 2.24) is 9.21 Å². The molecule has 2 aromatic rings. The molecule has 1 atom stereocenters. The highest BCUT2D eigenvalue weighted by Crippen LogP contribution is 2.32. The van der Waals surface area contributed by atoms with Gasteiger partial charge in [-0.05, 0) is 36.5 Å². The number of rotatable bonds is 4. The van der Waals surface area contributed by atoms with E-state index in [0.29, 0.717) is 25.9 Å². The molecule has 0 saturated carbocycles. The largest absolute Gasteiger partial charge is 0.337 e. The van der Waals surface area contributed by atoms with Crippen LogP contribution in [-0.2, 0) is 27.8 Å². The van der Waals surface area contributed by atoms with Gasteiger partial charge in [0.25, 0.3) is 15.7 Å². The molecule has 0 aromatic heterocycles. The van der Waals surface area contributed by atoms with E-state index < -0.39 is 26.7 Å². The first-order chi connectivity index (χ1) is 14.4. The Morgan fingerprint density at radius 2 is 1.70 bits per heavy atom. The van der Waals surface area contributed by atoms with Crippen LogP contribution >= 0.6 is 0 Å². The number of carbonyl (C=O) groups is 1. The third-order valence-corrected chi connectivity index (χ3v) is 7.79. The van der Waals surface area contributed by atoms with Gasteiger partial charge in [-0.3, -0.25) is 14.9 Å². The maximum atomic E-state index is 13.4. The Morgan fingerprint density at radius 3 is 2.47 bits per heavy atom. The molecule has 30 heavy (non-hydrogen) atoms. The Kier molecular flexibility index (Phi) is 5.57. The van der Waals surface area contributed by atoms with Gasteiger partial charge in [0.2, 0.25) is 5.91 Å². The summed E-state index contributed by atoms with van der Waals surface area (Å²) in [5.74, 6) is -0.230. The number of hydrogen-bond acceptors (Lipinski definition) is 5. The molecular formula is C21H23N3O5S. The van der Waals surface area contributed by atoms with Gasteiger partial charge in [-0.2, -0.15) is 4.31 Å². The Labute approximate surface area is 175 Å². The molecule has 0 bridgehead atoms. The van der Waals surface area contributed by atoms with E-state index >= 15 is 0 Å². The van der Waals surface area contributed by atoms with Gasteiger partial charge in [-0.25, -0.2) is 8.42 Å². The highest BCUT2D eigenvalue weighted by molar-refractivity contribution is 7.89. The molecular weight excluding hydrogens is 406 g/mol. The second-order valence-electron chi connectivity index (χ2n) is 7.63. The fraction of sp³-hybridized carbons (Fsp3) is 0.381. The maximum absolute atomic E-state index is 13.4. The predicted octanol–water partition coefficient (Wildman–Crippen LogP) is 2.72. The van der Waals surface area contributed by atoms with E-state index in [2.05, 4.69) is 0 Å². The Hall–Kier alpha value is -2.78. The third kappa shape index (κ3) is 3.70. The summed E-state index contributed by atoms with van der Waals surface area (Å²) in [6, 6.07) is 12.4. The zero-order valence-electron chi connectivity index (χ0n) is 16.4. The van der Waals surface area contributed by atoms with Crippen molar-refractivity contribution in [2.24, 2.45) is 0 Å². The molecule has 9 heteroatoms. The first-order valence-electron chi connectivity index (χ1n) is 10.0. The van der Waals surface area contributed by atoms with E-state index in [1.54, 1.807) is 4.90 Å². The molecule has 0 radical (unpaired) electrons. The highest BCUT2D eigenvalue weighted by atomic mass is 32.2. The quantitative estimate of drug-likeness (QED) is 0.549. The molecule has 0 unspecified atom stereocenters. The van der Waals surface area contributed by atoms with Crippen molar-refractivity contribution < 1.29 is 18.1 Å². The van der Waals surface area contributed by atoms with E-state index in [9.17, 15) is 23.3 Å². The zero-order chi connectivity index (χ0) is 21.3. The minimum atomic E-state index is -4.19. The van der Waals surface area contributed by atoms with Crippen LogP contribution in [0.3, 0.4) is 0 Å². The summed E-state index contributed by atoms with van der Waals surface area (Å²) in [6.45, 7) is 1.16. The number of nitro groups is 1. The highest BCUT2D eigenvalue weighted by Gasteiger charge is 2.42. The Morgan fingerprint density at radius 1 is 1.00 bits per heavy atom. The van der Waals surface area contributed by atoms with Gasteiger partial charge >= 0.3 is 0 Å². The molecule has 8 nitrogen and oxygen atoms in total. The van der Waals surface area contributed by atoms with Crippen molar-refractivity contribution >= 4 is 21.6 Å². The number of fused-ring (bicyclic) bond motifs is 1. The number of benzene rings is 2. The second kappa shape index (κ2) is 8.16. The average molecular weight is 429 g/mol. The fourth-order valence-corrected chi connectivity index (χ4v) is 6.10. The molecule has 1 amide bonds. The van der Waals surface area contributed by atoms with Crippen LogP contribution in [0.2, 0.25) is 0 Å². The van der Waals surface area contributed by atoms with Crippen LogP contribution < -0.4 is 0 Å². The number of piperidine rings is 1. The minimum absolute atomic E-state index is 0.176. The fourth-order valence-electron chi connectivity index (χ4n) is 4.29. The molecule has 2 aliphatic heterocycles. The number of sulfonamides is 1. The lowest BCUT2D eigenvalue weighted by molar-refractivity contribution is -0.387. The standard InChI is InChI=1S/C21H23N3O5S/c25-21(22-14-12-16-7-1-2-8-17(16)15-22)19-10-5-6-13-23(19)30(28,29)20-11-4-3-9-18(20)24(26)27/h1-4,7-9,11,19H,5-6,10,12-15H2/t19-/m1/s1. The molecule has 1 fully saturated rings. The summed E-state index contributed by atoms with van der Waals surface area (Å²) < 4.78 is 27.9. The summed E-state index contributed by atoms with van der Waals surface area (Å²) >= 11 is 0. The van der Waals surface area contributed by atoms with Gasteiger partial charge in [-0.1, -0.05) is 42.8 Å². The first-order valence-corrected chi connectivity index (χ1v) is 11.4. The lowest BCUT2D eigenvalue weighted by Gasteiger charge is -2.38. The molecule has 0 aliphatic carbocycles. The monoisotopic (exact) mass is 429 g/mol.